The molecule has 2 nitrogen and oxygen atoms in total. The maximum absolute atomic E-state index is 4.04. The Morgan fingerprint density at radius 3 is 2.53 bits per heavy atom. The molecule has 0 fully saturated rings. The van der Waals surface area contributed by atoms with E-state index in [1.54, 1.807) is 0 Å². The van der Waals surface area contributed by atoms with E-state index in [1.165, 1.54) is 27.6 Å². The minimum Gasteiger partial charge on any atom is -0.354 e. The molecule has 3 rings (SSSR count). The number of nitrogens with one attached hydrogen (secondary N) is 1. The van der Waals surface area contributed by atoms with Gasteiger partial charge in [0.2, 0.25) is 0 Å². The van der Waals surface area contributed by atoms with Crippen LogP contribution in [0.15, 0.2) is 42.7 Å². The molecule has 0 amide bonds. The zero-order valence-corrected chi connectivity index (χ0v) is 9.99. The van der Waals surface area contributed by atoms with E-state index < -0.39 is 0 Å². The Balaban J connectivity index is 2.24. The summed E-state index contributed by atoms with van der Waals surface area (Å²) in [5.41, 5.74) is 6.14. The molecule has 1 aromatic carbocycles. The first-order valence-corrected chi connectivity index (χ1v) is 5.74. The number of hydrogen-bond donors (Lipinski definition) is 1. The maximum atomic E-state index is 4.04. The number of aromatic amines is 1. The molecule has 0 aliphatic carbocycles. The predicted octanol–water partition coefficient (Wildman–Crippen LogP) is 3.85. The number of benzene rings is 1. The molecule has 0 bridgehead atoms. The summed E-state index contributed by atoms with van der Waals surface area (Å²) in [4.78, 5) is 7.52. The summed E-state index contributed by atoms with van der Waals surface area (Å²) in [5, 5.41) is 1.27. The summed E-state index contributed by atoms with van der Waals surface area (Å²) in [6.07, 6.45) is 3.64. The van der Waals surface area contributed by atoms with Gasteiger partial charge in [-0.1, -0.05) is 11.6 Å². The molecule has 2 heterocycles. The van der Waals surface area contributed by atoms with Crippen LogP contribution >= 0.6 is 0 Å². The molecule has 0 saturated heterocycles. The normalized spacial score (nSPS) is 10.9. The quantitative estimate of drug-likeness (QED) is 0.665. The van der Waals surface area contributed by atoms with Gasteiger partial charge < -0.3 is 4.98 Å². The first kappa shape index (κ1) is 10.1. The zero-order valence-electron chi connectivity index (χ0n) is 9.99. The summed E-state index contributed by atoms with van der Waals surface area (Å²) in [5.74, 6) is 0. The van der Waals surface area contributed by atoms with Crippen LogP contribution in [0.3, 0.4) is 0 Å². The van der Waals surface area contributed by atoms with E-state index in [4.69, 9.17) is 0 Å². The average molecular weight is 222 g/mol. The molecule has 2 heteroatoms. The molecule has 0 unspecified atom stereocenters. The minimum absolute atomic E-state index is 1.15. The van der Waals surface area contributed by atoms with Crippen LogP contribution in [0.2, 0.25) is 0 Å². The average Bonchev–Trinajstić information content (AvgIpc) is 2.74. The van der Waals surface area contributed by atoms with Crippen molar-refractivity contribution in [3.05, 3.63) is 53.9 Å². The molecule has 0 aliphatic rings. The van der Waals surface area contributed by atoms with Gasteiger partial charge in [0.25, 0.3) is 0 Å². The lowest BCUT2D eigenvalue weighted by Crippen LogP contribution is -1.80. The molecule has 0 spiro atoms. The van der Waals surface area contributed by atoms with E-state index in [-0.39, 0.29) is 0 Å². The predicted molar refractivity (Wildman–Crippen MR) is 71.0 cm³/mol. The van der Waals surface area contributed by atoms with Crippen LogP contribution in [0.1, 0.15) is 11.1 Å². The Kier molecular flexibility index (Phi) is 2.22. The first-order valence-electron chi connectivity index (χ1n) is 5.74. The van der Waals surface area contributed by atoms with Crippen LogP contribution in [0.5, 0.6) is 0 Å². The molecule has 2 aromatic heterocycles. The molecule has 1 N–H and O–H groups in total. The second kappa shape index (κ2) is 3.74. The maximum Gasteiger partial charge on any atom is 0.0488 e. The third-order valence-corrected chi connectivity index (χ3v) is 3.06. The molecular weight excluding hydrogens is 208 g/mol. The van der Waals surface area contributed by atoms with Gasteiger partial charge in [-0.05, 0) is 43.7 Å². The van der Waals surface area contributed by atoms with Gasteiger partial charge in [-0.3, -0.25) is 4.98 Å². The third kappa shape index (κ3) is 1.72. The number of aryl methyl sites for hydroxylation is 2. The van der Waals surface area contributed by atoms with Crippen molar-refractivity contribution in [3.8, 4) is 11.3 Å². The summed E-state index contributed by atoms with van der Waals surface area (Å²) >= 11 is 0. The van der Waals surface area contributed by atoms with Crippen molar-refractivity contribution < 1.29 is 0 Å². The minimum atomic E-state index is 1.15. The van der Waals surface area contributed by atoms with Gasteiger partial charge in [0, 0.05) is 34.6 Å². The number of fused-ring (bicyclic) bond motifs is 1. The molecule has 0 aliphatic heterocycles. The van der Waals surface area contributed by atoms with Crippen LogP contribution in [-0.4, -0.2) is 9.97 Å². The van der Waals surface area contributed by atoms with Crippen molar-refractivity contribution in [1.82, 2.24) is 9.97 Å². The fourth-order valence-electron chi connectivity index (χ4n) is 2.30. The fourth-order valence-corrected chi connectivity index (χ4v) is 2.30. The lowest BCUT2D eigenvalue weighted by Gasteiger charge is -1.98. The van der Waals surface area contributed by atoms with Crippen molar-refractivity contribution in [2.45, 2.75) is 13.8 Å². The van der Waals surface area contributed by atoms with Gasteiger partial charge in [-0.2, -0.15) is 0 Å². The standard InChI is InChI=1S/C15H14N2/c1-10-7-11(2)15-13(8-10)9-14(17-15)12-3-5-16-6-4-12/h3-9,17H,1-2H3. The largest absolute Gasteiger partial charge is 0.354 e. The van der Waals surface area contributed by atoms with Crippen molar-refractivity contribution in [2.75, 3.05) is 0 Å². The van der Waals surface area contributed by atoms with E-state index >= 15 is 0 Å². The monoisotopic (exact) mass is 222 g/mol. The highest BCUT2D eigenvalue weighted by Crippen LogP contribution is 2.26. The SMILES string of the molecule is Cc1cc(C)c2[nH]c(-c3ccncc3)cc2c1. The van der Waals surface area contributed by atoms with Gasteiger partial charge in [0.05, 0.1) is 0 Å². The number of pyridine rings is 1. The number of nitrogens with zero attached hydrogens (tertiary/aromatic N) is 1. The van der Waals surface area contributed by atoms with Crippen molar-refractivity contribution in [2.24, 2.45) is 0 Å². The summed E-state index contributed by atoms with van der Waals surface area (Å²) in [6.45, 7) is 4.27. The van der Waals surface area contributed by atoms with E-state index in [0.717, 1.165) is 5.69 Å². The Morgan fingerprint density at radius 1 is 1.00 bits per heavy atom. The van der Waals surface area contributed by atoms with Crippen LogP contribution in [0, 0.1) is 13.8 Å². The highest BCUT2D eigenvalue weighted by Gasteiger charge is 2.05. The van der Waals surface area contributed by atoms with Crippen molar-refractivity contribution in [1.29, 1.82) is 0 Å². The van der Waals surface area contributed by atoms with Crippen LogP contribution < -0.4 is 0 Å². The first-order chi connectivity index (χ1) is 8.24. The molecule has 0 radical (unpaired) electrons. The third-order valence-electron chi connectivity index (χ3n) is 3.06. The number of aromatic nitrogens is 2. The molecule has 3 aromatic rings. The molecular formula is C15H14N2. The number of H-pyrrole nitrogens is 1. The zero-order chi connectivity index (χ0) is 11.8. The van der Waals surface area contributed by atoms with E-state index in [9.17, 15) is 0 Å². The van der Waals surface area contributed by atoms with Gasteiger partial charge in [-0.25, -0.2) is 0 Å². The van der Waals surface area contributed by atoms with Crippen molar-refractivity contribution >= 4 is 10.9 Å². The Morgan fingerprint density at radius 2 is 1.76 bits per heavy atom. The lowest BCUT2D eigenvalue weighted by atomic mass is 10.1. The van der Waals surface area contributed by atoms with Gasteiger partial charge in [0.15, 0.2) is 0 Å². The Bertz CT molecular complexity index is 666. The van der Waals surface area contributed by atoms with Crippen LogP contribution in [0.4, 0.5) is 0 Å². The Labute approximate surface area is 100 Å². The van der Waals surface area contributed by atoms with E-state index in [0.29, 0.717) is 0 Å². The number of hydrogen-bond acceptors (Lipinski definition) is 1. The van der Waals surface area contributed by atoms with E-state index in [1.807, 2.05) is 24.5 Å². The molecule has 17 heavy (non-hydrogen) atoms. The topological polar surface area (TPSA) is 28.7 Å². The molecule has 0 atom stereocenters. The lowest BCUT2D eigenvalue weighted by molar-refractivity contribution is 1.32. The highest BCUT2D eigenvalue weighted by atomic mass is 14.7. The van der Waals surface area contributed by atoms with Crippen molar-refractivity contribution in [3.63, 3.8) is 0 Å². The van der Waals surface area contributed by atoms with Gasteiger partial charge >= 0.3 is 0 Å². The van der Waals surface area contributed by atoms with Gasteiger partial charge in [-0.15, -0.1) is 0 Å². The molecule has 84 valence electrons. The Hall–Kier alpha value is -2.09. The summed E-state index contributed by atoms with van der Waals surface area (Å²) < 4.78 is 0. The van der Waals surface area contributed by atoms with Crippen LogP contribution in [-0.2, 0) is 0 Å². The van der Waals surface area contributed by atoms with Gasteiger partial charge in [0.1, 0.15) is 0 Å². The van der Waals surface area contributed by atoms with E-state index in [2.05, 4.69) is 42.0 Å². The summed E-state index contributed by atoms with van der Waals surface area (Å²) in [6, 6.07) is 10.7. The molecule has 0 saturated carbocycles. The van der Waals surface area contributed by atoms with Crippen LogP contribution in [0.25, 0.3) is 22.2 Å². The number of rotatable bonds is 1. The smallest absolute Gasteiger partial charge is 0.0488 e. The second-order valence-corrected chi connectivity index (χ2v) is 4.46. The fraction of sp³-hybridized carbons (Fsp3) is 0.133. The highest BCUT2D eigenvalue weighted by molar-refractivity contribution is 5.88. The second-order valence-electron chi connectivity index (χ2n) is 4.46. The summed E-state index contributed by atoms with van der Waals surface area (Å²) in [7, 11) is 0.